The number of hydrogen-bond donors (Lipinski definition) is 1. The molecule has 2 heterocycles. The lowest BCUT2D eigenvalue weighted by Gasteiger charge is -2.33. The lowest BCUT2D eigenvalue weighted by molar-refractivity contribution is -0.121. The van der Waals surface area contributed by atoms with E-state index in [1.807, 2.05) is 29.2 Å². The Labute approximate surface area is 179 Å². The molecule has 1 atom stereocenters. The van der Waals surface area contributed by atoms with Crippen LogP contribution in [-0.4, -0.2) is 56.1 Å². The van der Waals surface area contributed by atoms with E-state index in [0.717, 1.165) is 49.4 Å². The quantitative estimate of drug-likeness (QED) is 0.301. The first-order valence-electron chi connectivity index (χ1n) is 9.74. The summed E-state index contributed by atoms with van der Waals surface area (Å²) in [5.41, 5.74) is 0.865. The third kappa shape index (κ3) is 5.73. The SMILES string of the molecule is CCNC(=NCCCN1C(=O)COc2ccccc21)N1CCCC(C)C1.I. The lowest BCUT2D eigenvalue weighted by atomic mass is 10.0. The molecule has 1 unspecified atom stereocenters. The van der Waals surface area contributed by atoms with E-state index in [2.05, 4.69) is 24.1 Å². The number of amides is 1. The van der Waals surface area contributed by atoms with Crippen molar-refractivity contribution in [3.8, 4) is 5.75 Å². The predicted molar refractivity (Wildman–Crippen MR) is 120 cm³/mol. The van der Waals surface area contributed by atoms with Gasteiger partial charge in [0.1, 0.15) is 5.75 Å². The normalized spacial score (nSPS) is 19.9. The third-order valence-electron chi connectivity index (χ3n) is 4.90. The Morgan fingerprint density at radius 2 is 2.19 bits per heavy atom. The van der Waals surface area contributed by atoms with Gasteiger partial charge in [-0.2, -0.15) is 0 Å². The van der Waals surface area contributed by atoms with Crippen molar-refractivity contribution < 1.29 is 9.53 Å². The molecule has 1 aromatic carbocycles. The van der Waals surface area contributed by atoms with Gasteiger partial charge in [-0.05, 0) is 44.2 Å². The summed E-state index contributed by atoms with van der Waals surface area (Å²) < 4.78 is 5.50. The fourth-order valence-electron chi connectivity index (χ4n) is 3.62. The van der Waals surface area contributed by atoms with Gasteiger partial charge in [0.25, 0.3) is 5.91 Å². The number of nitrogens with zero attached hydrogens (tertiary/aromatic N) is 3. The number of likely N-dealkylation sites (tertiary alicyclic amines) is 1. The van der Waals surface area contributed by atoms with Gasteiger partial charge < -0.3 is 19.9 Å². The smallest absolute Gasteiger partial charge is 0.265 e. The Bertz CT molecular complexity index is 653. The van der Waals surface area contributed by atoms with Gasteiger partial charge in [-0.3, -0.25) is 9.79 Å². The summed E-state index contributed by atoms with van der Waals surface area (Å²) in [6.45, 7) is 8.92. The summed E-state index contributed by atoms with van der Waals surface area (Å²) in [4.78, 5) is 21.2. The molecular weight excluding hydrogens is 455 g/mol. The van der Waals surface area contributed by atoms with Crippen molar-refractivity contribution in [3.63, 3.8) is 0 Å². The van der Waals surface area contributed by atoms with Gasteiger partial charge in [0.05, 0.1) is 5.69 Å². The first kappa shape index (κ1) is 21.8. The second-order valence-corrected chi connectivity index (χ2v) is 7.08. The van der Waals surface area contributed by atoms with E-state index in [1.165, 1.54) is 12.8 Å². The molecule has 1 saturated heterocycles. The van der Waals surface area contributed by atoms with Crippen molar-refractivity contribution in [3.05, 3.63) is 24.3 Å². The molecule has 0 saturated carbocycles. The topological polar surface area (TPSA) is 57.2 Å². The van der Waals surface area contributed by atoms with Crippen LogP contribution in [0.3, 0.4) is 0 Å². The van der Waals surface area contributed by atoms with Crippen molar-refractivity contribution in [2.24, 2.45) is 10.9 Å². The molecule has 1 N–H and O–H groups in total. The maximum atomic E-state index is 12.2. The van der Waals surface area contributed by atoms with Crippen LogP contribution in [0.4, 0.5) is 5.69 Å². The molecule has 2 aliphatic rings. The molecule has 1 aromatic rings. The van der Waals surface area contributed by atoms with Crippen molar-refractivity contribution >= 4 is 41.5 Å². The molecule has 3 rings (SSSR count). The number of halogens is 1. The second kappa shape index (κ2) is 10.7. The summed E-state index contributed by atoms with van der Waals surface area (Å²) in [6.07, 6.45) is 3.36. The molecule has 0 bridgehead atoms. The van der Waals surface area contributed by atoms with Crippen molar-refractivity contribution in [2.75, 3.05) is 44.2 Å². The van der Waals surface area contributed by atoms with E-state index in [1.54, 1.807) is 0 Å². The number of piperidine rings is 1. The van der Waals surface area contributed by atoms with Crippen LogP contribution < -0.4 is 15.0 Å². The van der Waals surface area contributed by atoms with Crippen molar-refractivity contribution in [1.82, 2.24) is 10.2 Å². The monoisotopic (exact) mass is 486 g/mol. The van der Waals surface area contributed by atoms with Crippen LogP contribution in [0.25, 0.3) is 0 Å². The number of carbonyl (C=O) groups is 1. The van der Waals surface area contributed by atoms with E-state index in [4.69, 9.17) is 9.73 Å². The van der Waals surface area contributed by atoms with E-state index in [9.17, 15) is 4.79 Å². The van der Waals surface area contributed by atoms with Gasteiger partial charge in [-0.1, -0.05) is 19.1 Å². The van der Waals surface area contributed by atoms with Crippen LogP contribution in [0.2, 0.25) is 0 Å². The molecule has 150 valence electrons. The van der Waals surface area contributed by atoms with Gasteiger partial charge in [-0.15, -0.1) is 24.0 Å². The minimum absolute atomic E-state index is 0. The molecule has 1 fully saturated rings. The molecule has 7 heteroatoms. The Balaban J connectivity index is 0.00000261. The summed E-state index contributed by atoms with van der Waals surface area (Å²) in [5, 5.41) is 3.41. The molecule has 0 aromatic heterocycles. The number of para-hydroxylation sites is 2. The number of rotatable bonds is 5. The van der Waals surface area contributed by atoms with Gasteiger partial charge in [0, 0.05) is 32.7 Å². The van der Waals surface area contributed by atoms with Gasteiger partial charge in [-0.25, -0.2) is 0 Å². The van der Waals surface area contributed by atoms with Crippen molar-refractivity contribution in [2.45, 2.75) is 33.1 Å². The minimum Gasteiger partial charge on any atom is -0.482 e. The number of guanidine groups is 1. The van der Waals surface area contributed by atoms with Crippen LogP contribution in [0, 0.1) is 5.92 Å². The van der Waals surface area contributed by atoms with E-state index < -0.39 is 0 Å². The summed E-state index contributed by atoms with van der Waals surface area (Å²) in [6, 6.07) is 7.72. The fraction of sp³-hybridized carbons (Fsp3) is 0.600. The zero-order valence-corrected chi connectivity index (χ0v) is 18.6. The molecule has 0 spiro atoms. The Kier molecular flexibility index (Phi) is 8.66. The Hall–Kier alpha value is -1.51. The highest BCUT2D eigenvalue weighted by Gasteiger charge is 2.24. The fourth-order valence-corrected chi connectivity index (χ4v) is 3.62. The molecule has 0 aliphatic carbocycles. The highest BCUT2D eigenvalue weighted by Crippen LogP contribution is 2.31. The Morgan fingerprint density at radius 1 is 1.37 bits per heavy atom. The summed E-state index contributed by atoms with van der Waals surface area (Å²) in [7, 11) is 0. The van der Waals surface area contributed by atoms with Crippen LogP contribution in [0.1, 0.15) is 33.1 Å². The number of ether oxygens (including phenoxy) is 1. The number of hydrogen-bond acceptors (Lipinski definition) is 3. The van der Waals surface area contributed by atoms with Gasteiger partial charge in [0.15, 0.2) is 12.6 Å². The highest BCUT2D eigenvalue weighted by atomic mass is 127. The van der Waals surface area contributed by atoms with Gasteiger partial charge >= 0.3 is 0 Å². The van der Waals surface area contributed by atoms with E-state index in [0.29, 0.717) is 13.1 Å². The van der Waals surface area contributed by atoms with Crippen LogP contribution in [0.5, 0.6) is 5.75 Å². The number of anilines is 1. The number of carbonyl (C=O) groups excluding carboxylic acids is 1. The molecule has 1 amide bonds. The van der Waals surface area contributed by atoms with Crippen LogP contribution in [0.15, 0.2) is 29.3 Å². The summed E-state index contributed by atoms with van der Waals surface area (Å²) in [5.74, 6) is 2.53. The van der Waals surface area contributed by atoms with Gasteiger partial charge in [0.2, 0.25) is 0 Å². The maximum absolute atomic E-state index is 12.2. The molecule has 2 aliphatic heterocycles. The Morgan fingerprint density at radius 3 is 2.96 bits per heavy atom. The van der Waals surface area contributed by atoms with Crippen molar-refractivity contribution in [1.29, 1.82) is 0 Å². The maximum Gasteiger partial charge on any atom is 0.265 e. The van der Waals surface area contributed by atoms with E-state index in [-0.39, 0.29) is 36.5 Å². The van der Waals surface area contributed by atoms with Crippen LogP contribution >= 0.6 is 24.0 Å². The first-order valence-corrected chi connectivity index (χ1v) is 9.74. The molecule has 27 heavy (non-hydrogen) atoms. The number of fused-ring (bicyclic) bond motifs is 1. The van der Waals surface area contributed by atoms with E-state index >= 15 is 0 Å². The second-order valence-electron chi connectivity index (χ2n) is 7.08. The first-order chi connectivity index (χ1) is 12.7. The average Bonchev–Trinajstić information content (AvgIpc) is 2.65. The predicted octanol–water partition coefficient (Wildman–Crippen LogP) is 3.12. The summed E-state index contributed by atoms with van der Waals surface area (Å²) >= 11 is 0. The average molecular weight is 486 g/mol. The number of nitrogens with one attached hydrogen (secondary N) is 1. The third-order valence-corrected chi connectivity index (χ3v) is 4.90. The number of benzene rings is 1. The molecular formula is C20H31IN4O2. The standard InChI is InChI=1S/C20H30N4O2.HI/c1-3-21-20(23-12-6-8-16(2)14-23)22-11-7-13-24-17-9-4-5-10-18(17)26-15-19(24)25;/h4-5,9-10,16H,3,6-8,11-15H2,1-2H3,(H,21,22);1H. The zero-order chi connectivity index (χ0) is 18.4. The molecule has 0 radical (unpaired) electrons. The molecule has 6 nitrogen and oxygen atoms in total. The van der Waals surface area contributed by atoms with Crippen LogP contribution in [-0.2, 0) is 4.79 Å². The largest absolute Gasteiger partial charge is 0.482 e. The zero-order valence-electron chi connectivity index (χ0n) is 16.3. The highest BCUT2D eigenvalue weighted by molar-refractivity contribution is 14.0. The minimum atomic E-state index is 0. The lowest BCUT2D eigenvalue weighted by Crippen LogP contribution is -2.46. The number of aliphatic imine (C=N–C) groups is 1.